The van der Waals surface area contributed by atoms with Gasteiger partial charge in [0.2, 0.25) is 11.5 Å². The van der Waals surface area contributed by atoms with Crippen molar-refractivity contribution >= 4 is 12.2 Å². The summed E-state index contributed by atoms with van der Waals surface area (Å²) in [7, 11) is 9.53. The number of allylic oxidation sites excluding steroid dienone is 2. The predicted molar refractivity (Wildman–Crippen MR) is 110 cm³/mol. The molecular formula is C22H26O6. The molecule has 0 radical (unpaired) electrons. The largest absolute Gasteiger partial charge is 0.493 e. The summed E-state index contributed by atoms with van der Waals surface area (Å²) in [6.07, 6.45) is 7.73. The molecule has 0 atom stereocenters. The summed E-state index contributed by atoms with van der Waals surface area (Å²) in [5.74, 6) is 3.56. The summed E-state index contributed by atoms with van der Waals surface area (Å²) in [4.78, 5) is 0. The van der Waals surface area contributed by atoms with E-state index in [9.17, 15) is 0 Å². The molecule has 28 heavy (non-hydrogen) atoms. The van der Waals surface area contributed by atoms with Crippen LogP contribution in [0.4, 0.5) is 0 Å². The molecule has 6 nitrogen and oxygen atoms in total. The van der Waals surface area contributed by atoms with Crippen molar-refractivity contribution in [2.45, 2.75) is 0 Å². The van der Waals surface area contributed by atoms with E-state index in [1.807, 2.05) is 48.6 Å². The van der Waals surface area contributed by atoms with E-state index < -0.39 is 0 Å². The molecule has 0 aromatic heterocycles. The Hall–Kier alpha value is -3.28. The lowest BCUT2D eigenvalue weighted by Gasteiger charge is -2.13. The molecule has 0 saturated heterocycles. The third-order valence-corrected chi connectivity index (χ3v) is 4.06. The quantitative estimate of drug-likeness (QED) is 0.593. The van der Waals surface area contributed by atoms with Gasteiger partial charge in [-0.1, -0.05) is 24.3 Å². The van der Waals surface area contributed by atoms with Crippen LogP contribution in [0.2, 0.25) is 0 Å². The van der Waals surface area contributed by atoms with E-state index in [-0.39, 0.29) is 0 Å². The van der Waals surface area contributed by atoms with E-state index in [2.05, 4.69) is 0 Å². The van der Waals surface area contributed by atoms with Gasteiger partial charge in [-0.15, -0.1) is 0 Å². The van der Waals surface area contributed by atoms with Crippen LogP contribution < -0.4 is 28.4 Å². The van der Waals surface area contributed by atoms with Crippen LogP contribution in [-0.2, 0) is 0 Å². The monoisotopic (exact) mass is 386 g/mol. The average Bonchev–Trinajstić information content (AvgIpc) is 2.74. The molecule has 0 aliphatic carbocycles. The van der Waals surface area contributed by atoms with Gasteiger partial charge >= 0.3 is 0 Å². The van der Waals surface area contributed by atoms with Crippen molar-refractivity contribution in [3.05, 3.63) is 47.5 Å². The Morgan fingerprint density at radius 3 is 0.964 bits per heavy atom. The summed E-state index contributed by atoms with van der Waals surface area (Å²) in [5, 5.41) is 0. The minimum Gasteiger partial charge on any atom is -0.493 e. The summed E-state index contributed by atoms with van der Waals surface area (Å²) >= 11 is 0. The van der Waals surface area contributed by atoms with E-state index in [1.54, 1.807) is 42.7 Å². The molecule has 6 heteroatoms. The zero-order chi connectivity index (χ0) is 20.5. The minimum absolute atomic E-state index is 0.565. The molecule has 2 aromatic carbocycles. The van der Waals surface area contributed by atoms with Crippen LogP contribution in [0.5, 0.6) is 34.5 Å². The van der Waals surface area contributed by atoms with Crippen molar-refractivity contribution in [3.8, 4) is 34.5 Å². The predicted octanol–water partition coefficient (Wildman–Crippen LogP) is 4.46. The van der Waals surface area contributed by atoms with Gasteiger partial charge in [-0.05, 0) is 35.4 Å². The van der Waals surface area contributed by atoms with E-state index in [4.69, 9.17) is 28.4 Å². The van der Waals surface area contributed by atoms with Gasteiger partial charge in [0.25, 0.3) is 0 Å². The van der Waals surface area contributed by atoms with Crippen LogP contribution in [0, 0.1) is 0 Å². The number of ether oxygens (including phenoxy) is 6. The maximum absolute atomic E-state index is 5.37. The number of benzene rings is 2. The highest BCUT2D eigenvalue weighted by molar-refractivity contribution is 5.66. The lowest BCUT2D eigenvalue weighted by molar-refractivity contribution is 0.324. The van der Waals surface area contributed by atoms with E-state index in [1.165, 1.54) is 0 Å². The van der Waals surface area contributed by atoms with Crippen LogP contribution in [-0.4, -0.2) is 42.7 Å². The summed E-state index contributed by atoms with van der Waals surface area (Å²) in [6.45, 7) is 0. The molecule has 0 N–H and O–H groups in total. The standard InChI is InChI=1S/C22H26O6/c1-23-17-11-15(12-18(24-2)21(17)27-5)9-7-8-10-16-13-19(25-3)22(28-6)20(14-16)26-4/h7-14H,1-6H3/b9-7+,10-8+. The molecule has 0 amide bonds. The second kappa shape index (κ2) is 10.2. The molecule has 0 heterocycles. The fraction of sp³-hybridized carbons (Fsp3) is 0.273. The second-order valence-electron chi connectivity index (χ2n) is 5.64. The van der Waals surface area contributed by atoms with Gasteiger partial charge in [0.1, 0.15) is 0 Å². The molecule has 0 aliphatic heterocycles. The summed E-state index contributed by atoms with van der Waals surface area (Å²) in [6, 6.07) is 7.52. The van der Waals surface area contributed by atoms with Crippen LogP contribution in [0.1, 0.15) is 11.1 Å². The molecule has 150 valence electrons. The molecule has 2 rings (SSSR count). The highest BCUT2D eigenvalue weighted by atomic mass is 16.5. The van der Waals surface area contributed by atoms with Crippen molar-refractivity contribution in [2.24, 2.45) is 0 Å². The van der Waals surface area contributed by atoms with Crippen molar-refractivity contribution in [1.29, 1.82) is 0 Å². The minimum atomic E-state index is 0.565. The van der Waals surface area contributed by atoms with Gasteiger partial charge < -0.3 is 28.4 Å². The Labute approximate surface area is 165 Å². The highest BCUT2D eigenvalue weighted by Gasteiger charge is 2.12. The molecule has 0 aliphatic rings. The van der Waals surface area contributed by atoms with E-state index in [0.29, 0.717) is 34.5 Å². The lowest BCUT2D eigenvalue weighted by atomic mass is 10.1. The number of rotatable bonds is 9. The molecular weight excluding hydrogens is 360 g/mol. The zero-order valence-electron chi connectivity index (χ0n) is 17.1. The molecule has 0 saturated carbocycles. The maximum Gasteiger partial charge on any atom is 0.203 e. The van der Waals surface area contributed by atoms with Crippen LogP contribution >= 0.6 is 0 Å². The number of hydrogen-bond acceptors (Lipinski definition) is 6. The van der Waals surface area contributed by atoms with E-state index >= 15 is 0 Å². The smallest absolute Gasteiger partial charge is 0.203 e. The van der Waals surface area contributed by atoms with Gasteiger partial charge in [-0.3, -0.25) is 0 Å². The fourth-order valence-corrected chi connectivity index (χ4v) is 2.73. The lowest BCUT2D eigenvalue weighted by Crippen LogP contribution is -1.95. The van der Waals surface area contributed by atoms with E-state index in [0.717, 1.165) is 11.1 Å². The van der Waals surface area contributed by atoms with Gasteiger partial charge in [0.15, 0.2) is 23.0 Å². The number of hydrogen-bond donors (Lipinski definition) is 0. The Morgan fingerprint density at radius 2 is 0.750 bits per heavy atom. The second-order valence-corrected chi connectivity index (χ2v) is 5.64. The molecule has 0 unspecified atom stereocenters. The Balaban J connectivity index is 2.26. The van der Waals surface area contributed by atoms with Crippen LogP contribution in [0.15, 0.2) is 36.4 Å². The third-order valence-electron chi connectivity index (χ3n) is 4.06. The van der Waals surface area contributed by atoms with Gasteiger partial charge in [-0.2, -0.15) is 0 Å². The zero-order valence-corrected chi connectivity index (χ0v) is 17.1. The average molecular weight is 386 g/mol. The van der Waals surface area contributed by atoms with Gasteiger partial charge in [0.05, 0.1) is 42.7 Å². The normalized spacial score (nSPS) is 10.9. The SMILES string of the molecule is COc1cc(/C=C/C=C/c2cc(OC)c(OC)c(OC)c2)cc(OC)c1OC. The van der Waals surface area contributed by atoms with Crippen molar-refractivity contribution in [1.82, 2.24) is 0 Å². The van der Waals surface area contributed by atoms with Crippen molar-refractivity contribution < 1.29 is 28.4 Å². The molecule has 2 aromatic rings. The van der Waals surface area contributed by atoms with Gasteiger partial charge in [-0.25, -0.2) is 0 Å². The highest BCUT2D eigenvalue weighted by Crippen LogP contribution is 2.39. The first-order valence-corrected chi connectivity index (χ1v) is 8.56. The third kappa shape index (κ3) is 4.71. The molecule has 0 fully saturated rings. The Bertz CT molecular complexity index is 733. The van der Waals surface area contributed by atoms with Crippen molar-refractivity contribution in [2.75, 3.05) is 42.7 Å². The summed E-state index contributed by atoms with van der Waals surface area (Å²) in [5.41, 5.74) is 1.84. The number of methoxy groups -OCH3 is 6. The first kappa shape index (κ1) is 21.0. The molecule has 0 spiro atoms. The van der Waals surface area contributed by atoms with Crippen LogP contribution in [0.3, 0.4) is 0 Å². The Kier molecular flexibility index (Phi) is 7.63. The Morgan fingerprint density at radius 1 is 0.464 bits per heavy atom. The first-order chi connectivity index (χ1) is 13.6. The van der Waals surface area contributed by atoms with Crippen LogP contribution in [0.25, 0.3) is 12.2 Å². The maximum atomic E-state index is 5.37. The summed E-state index contributed by atoms with van der Waals surface area (Å²) < 4.78 is 32.2. The van der Waals surface area contributed by atoms with Gasteiger partial charge in [0, 0.05) is 0 Å². The first-order valence-electron chi connectivity index (χ1n) is 8.56. The molecule has 0 bridgehead atoms. The van der Waals surface area contributed by atoms with Crippen molar-refractivity contribution in [3.63, 3.8) is 0 Å². The fourth-order valence-electron chi connectivity index (χ4n) is 2.73. The topological polar surface area (TPSA) is 55.4 Å².